The van der Waals surface area contributed by atoms with Gasteiger partial charge in [-0.3, -0.25) is 0 Å². The second kappa shape index (κ2) is 27.3. The minimum atomic E-state index is 0. The van der Waals surface area contributed by atoms with Crippen molar-refractivity contribution in [3.63, 3.8) is 0 Å². The van der Waals surface area contributed by atoms with Crippen molar-refractivity contribution in [2.45, 2.75) is 0 Å². The van der Waals surface area contributed by atoms with E-state index in [1.54, 1.807) is 12.2 Å². The van der Waals surface area contributed by atoms with Gasteiger partial charge in [-0.15, -0.1) is 25.3 Å². The van der Waals surface area contributed by atoms with Crippen LogP contribution >= 0.6 is 0 Å². The molecular formula is C16H20S2Ti+2. The van der Waals surface area contributed by atoms with E-state index in [9.17, 15) is 0 Å². The van der Waals surface area contributed by atoms with Crippen LogP contribution in [0.5, 0.6) is 0 Å². The zero-order valence-corrected chi connectivity index (χ0v) is 14.3. The van der Waals surface area contributed by atoms with E-state index < -0.39 is 0 Å². The van der Waals surface area contributed by atoms with Gasteiger partial charge in [-0.05, 0) is 64.2 Å². The Hall–Kier alpha value is 0.894. The van der Waals surface area contributed by atoms with Gasteiger partial charge in [0, 0.05) is 0 Å². The van der Waals surface area contributed by atoms with Gasteiger partial charge in [0.2, 0.25) is 0 Å². The molecule has 0 atom stereocenters. The fourth-order valence-electron chi connectivity index (χ4n) is 0.642. The summed E-state index contributed by atoms with van der Waals surface area (Å²) in [6.45, 7) is 6.75. The maximum Gasteiger partial charge on any atom is 4.00 e. The molecule has 0 nitrogen and oxygen atoms in total. The molecule has 2 rings (SSSR count). The fourth-order valence-corrected chi connectivity index (χ4v) is 0.642. The first-order valence-corrected chi connectivity index (χ1v) is 6.70. The Kier molecular flexibility index (Phi) is 35.7. The Labute approximate surface area is 147 Å². The molecule has 2 fully saturated rings. The summed E-state index contributed by atoms with van der Waals surface area (Å²) in [4.78, 5) is 0. The van der Waals surface area contributed by atoms with E-state index in [2.05, 4.69) is 38.4 Å². The Morgan fingerprint density at radius 1 is 0.579 bits per heavy atom. The van der Waals surface area contributed by atoms with Crippen molar-refractivity contribution >= 4 is 25.3 Å². The second-order valence-electron chi connectivity index (χ2n) is 2.84. The van der Waals surface area contributed by atoms with Crippen LogP contribution in [0.3, 0.4) is 0 Å². The van der Waals surface area contributed by atoms with Gasteiger partial charge in [0.1, 0.15) is 0 Å². The van der Waals surface area contributed by atoms with Crippen LogP contribution in [0.4, 0.5) is 0 Å². The molecule has 0 amide bonds. The van der Waals surface area contributed by atoms with Gasteiger partial charge in [0.25, 0.3) is 0 Å². The molecule has 19 heavy (non-hydrogen) atoms. The molecule has 10 radical (unpaired) electrons. The summed E-state index contributed by atoms with van der Waals surface area (Å²) in [5.41, 5.74) is 0. The number of hydrogen-bond donors (Lipinski definition) is 0. The van der Waals surface area contributed by atoms with E-state index in [0.717, 1.165) is 0 Å². The maximum absolute atomic E-state index is 4.44. The molecule has 0 heterocycles. The second-order valence-corrected chi connectivity index (χ2v) is 3.50. The van der Waals surface area contributed by atoms with Crippen LogP contribution in [-0.4, -0.2) is 11.5 Å². The third-order valence-electron chi connectivity index (χ3n) is 1.35. The molecule has 0 unspecified atom stereocenters. The topological polar surface area (TPSA) is 0 Å². The Morgan fingerprint density at radius 3 is 0.737 bits per heavy atom. The summed E-state index contributed by atoms with van der Waals surface area (Å²) in [5.74, 6) is 1.33. The van der Waals surface area contributed by atoms with Crippen LogP contribution in [0.15, 0.2) is 25.3 Å². The molecule has 2 aliphatic rings. The molecule has 0 N–H and O–H groups in total. The molecule has 98 valence electrons. The zero-order valence-electron chi connectivity index (χ0n) is 11.1. The van der Waals surface area contributed by atoms with Crippen molar-refractivity contribution in [3.05, 3.63) is 89.5 Å². The SMILES string of the molecule is C=CC[S-].C=CC[S-].[CH]1[CH][CH][CH][CH]1.[CH]1[CH][CH][CH][CH]1.[Ti+4]. The van der Waals surface area contributed by atoms with Crippen molar-refractivity contribution in [2.24, 2.45) is 0 Å². The van der Waals surface area contributed by atoms with Crippen molar-refractivity contribution in [1.82, 2.24) is 0 Å². The van der Waals surface area contributed by atoms with Gasteiger partial charge in [-0.2, -0.15) is 11.5 Å². The van der Waals surface area contributed by atoms with Crippen LogP contribution < -0.4 is 0 Å². The summed E-state index contributed by atoms with van der Waals surface area (Å²) in [6.07, 6.45) is 23.4. The van der Waals surface area contributed by atoms with E-state index in [4.69, 9.17) is 0 Å². The predicted molar refractivity (Wildman–Crippen MR) is 87.9 cm³/mol. The molecule has 0 aromatic rings. The van der Waals surface area contributed by atoms with Gasteiger partial charge in [-0.25, -0.2) is 0 Å². The first-order chi connectivity index (χ1) is 8.83. The van der Waals surface area contributed by atoms with E-state index >= 15 is 0 Å². The Bertz CT molecular complexity index is 120. The molecule has 2 aliphatic carbocycles. The monoisotopic (exact) mass is 324 g/mol. The van der Waals surface area contributed by atoms with Crippen molar-refractivity contribution in [3.8, 4) is 0 Å². The average Bonchev–Trinajstić information content (AvgIpc) is 3.14. The molecule has 0 aliphatic heterocycles. The molecule has 0 aromatic carbocycles. The summed E-state index contributed by atoms with van der Waals surface area (Å²) in [6, 6.07) is 0. The molecule has 0 spiro atoms. The van der Waals surface area contributed by atoms with Crippen molar-refractivity contribution in [1.29, 1.82) is 0 Å². The Morgan fingerprint density at radius 2 is 0.684 bits per heavy atom. The first kappa shape index (κ1) is 24.9. The minimum Gasteiger partial charge on any atom is -0.789 e. The number of hydrogen-bond acceptors (Lipinski definition) is 2. The summed E-state index contributed by atoms with van der Waals surface area (Å²) in [7, 11) is 0. The van der Waals surface area contributed by atoms with E-state index in [-0.39, 0.29) is 21.7 Å². The Balaban J connectivity index is -0.000000178. The standard InChI is InChI=1S/2C5H5.2C3H6S.Ti/c2*1-2-4-5-3-1;2*1-2-3-4;/h2*1-5H;2*2,4H,1,3H2;/q;;;;+4/p-2. The van der Waals surface area contributed by atoms with E-state index in [1.165, 1.54) is 0 Å². The molecule has 0 aromatic heterocycles. The average molecular weight is 324 g/mol. The number of rotatable bonds is 2. The molecular weight excluding hydrogens is 304 g/mol. The normalized spacial score (nSPS) is 15.3. The molecule has 0 saturated heterocycles. The predicted octanol–water partition coefficient (Wildman–Crippen LogP) is 3.48. The van der Waals surface area contributed by atoms with Crippen LogP contribution in [0.1, 0.15) is 0 Å². The summed E-state index contributed by atoms with van der Waals surface area (Å²) < 4.78 is 0. The van der Waals surface area contributed by atoms with Gasteiger partial charge in [-0.1, -0.05) is 0 Å². The third kappa shape index (κ3) is 32.4. The fraction of sp³-hybridized carbons (Fsp3) is 0.125. The quantitative estimate of drug-likeness (QED) is 0.433. The summed E-state index contributed by atoms with van der Waals surface area (Å²) >= 11 is 8.87. The van der Waals surface area contributed by atoms with Gasteiger partial charge >= 0.3 is 21.7 Å². The van der Waals surface area contributed by atoms with Crippen molar-refractivity contribution in [2.75, 3.05) is 11.5 Å². The largest absolute Gasteiger partial charge is 4.00 e. The molecule has 0 bridgehead atoms. The van der Waals surface area contributed by atoms with Crippen LogP contribution in [0, 0.1) is 64.2 Å². The third-order valence-corrected chi connectivity index (χ3v) is 1.82. The van der Waals surface area contributed by atoms with E-state index in [1.807, 2.05) is 64.2 Å². The van der Waals surface area contributed by atoms with Gasteiger partial charge < -0.3 is 25.3 Å². The van der Waals surface area contributed by atoms with Gasteiger partial charge in [0.15, 0.2) is 0 Å². The smallest absolute Gasteiger partial charge is 0.789 e. The van der Waals surface area contributed by atoms with Crippen LogP contribution in [0.25, 0.3) is 0 Å². The van der Waals surface area contributed by atoms with E-state index in [0.29, 0.717) is 11.5 Å². The maximum atomic E-state index is 4.44. The van der Waals surface area contributed by atoms with Crippen LogP contribution in [-0.2, 0) is 47.0 Å². The zero-order chi connectivity index (χ0) is 13.9. The summed E-state index contributed by atoms with van der Waals surface area (Å²) in [5, 5.41) is 0. The molecule has 3 heteroatoms. The molecule has 2 saturated carbocycles. The minimum absolute atomic E-state index is 0. The first-order valence-electron chi connectivity index (χ1n) is 5.54. The van der Waals surface area contributed by atoms with Crippen molar-refractivity contribution < 1.29 is 21.7 Å². The van der Waals surface area contributed by atoms with Crippen LogP contribution in [0.2, 0.25) is 0 Å². The van der Waals surface area contributed by atoms with Gasteiger partial charge in [0.05, 0.1) is 0 Å².